The van der Waals surface area contributed by atoms with Crippen molar-refractivity contribution in [2.24, 2.45) is 0 Å². The van der Waals surface area contributed by atoms with E-state index in [0.29, 0.717) is 6.04 Å². The average molecular weight is 406 g/mol. The summed E-state index contributed by atoms with van der Waals surface area (Å²) in [6.45, 7) is 9.79. The molecule has 8 heteroatoms. The van der Waals surface area contributed by atoms with Crippen molar-refractivity contribution in [1.82, 2.24) is 20.9 Å². The maximum atomic E-state index is 13.9. The standard InChI is InChI=1S/C21H28F2N4O2/c1-13(2)27-10-8-15(9-11-27)25-20(28)14(3)18(12-24-4)26-21(29)19-16(22)6-5-7-17(19)23/h5-7,12-13,15,24H,3,8-11H2,1-2,4H3,(H,25,28)(H,26,29)/b18-12+. The van der Waals surface area contributed by atoms with Gasteiger partial charge < -0.3 is 20.9 Å². The molecule has 0 radical (unpaired) electrons. The lowest BCUT2D eigenvalue weighted by molar-refractivity contribution is -0.118. The van der Waals surface area contributed by atoms with Crippen LogP contribution in [-0.2, 0) is 4.79 Å². The number of amides is 2. The van der Waals surface area contributed by atoms with E-state index in [0.717, 1.165) is 38.1 Å². The van der Waals surface area contributed by atoms with Crippen LogP contribution in [-0.4, -0.2) is 48.9 Å². The summed E-state index contributed by atoms with van der Waals surface area (Å²) < 4.78 is 27.7. The number of nitrogens with zero attached hydrogens (tertiary/aromatic N) is 1. The molecule has 1 aromatic rings. The molecule has 1 aliphatic heterocycles. The zero-order valence-electron chi connectivity index (χ0n) is 17.0. The van der Waals surface area contributed by atoms with E-state index in [9.17, 15) is 18.4 Å². The van der Waals surface area contributed by atoms with E-state index < -0.39 is 29.0 Å². The molecule has 1 heterocycles. The lowest BCUT2D eigenvalue weighted by Gasteiger charge is -2.35. The molecule has 0 atom stereocenters. The van der Waals surface area contributed by atoms with E-state index in [1.165, 1.54) is 12.3 Å². The molecule has 2 rings (SSSR count). The summed E-state index contributed by atoms with van der Waals surface area (Å²) in [5.74, 6) is -3.42. The Bertz CT molecular complexity index is 780. The number of likely N-dealkylation sites (tertiary alicyclic amines) is 1. The van der Waals surface area contributed by atoms with Crippen LogP contribution >= 0.6 is 0 Å². The Kier molecular flexibility index (Phi) is 7.90. The van der Waals surface area contributed by atoms with E-state index in [4.69, 9.17) is 0 Å². The van der Waals surface area contributed by atoms with Crippen molar-refractivity contribution in [3.05, 3.63) is 59.4 Å². The third kappa shape index (κ3) is 5.87. The van der Waals surface area contributed by atoms with E-state index in [1.54, 1.807) is 7.05 Å². The first kappa shape index (κ1) is 22.5. The molecule has 0 unspecified atom stereocenters. The quantitative estimate of drug-likeness (QED) is 0.480. The molecule has 1 aromatic carbocycles. The van der Waals surface area contributed by atoms with Crippen LogP contribution in [0.1, 0.15) is 37.0 Å². The number of halogens is 2. The molecule has 158 valence electrons. The summed E-state index contributed by atoms with van der Waals surface area (Å²) >= 11 is 0. The maximum absolute atomic E-state index is 13.9. The second-order valence-electron chi connectivity index (χ2n) is 7.25. The minimum Gasteiger partial charge on any atom is -0.392 e. The highest BCUT2D eigenvalue weighted by molar-refractivity contribution is 6.01. The van der Waals surface area contributed by atoms with Crippen LogP contribution in [0.15, 0.2) is 42.2 Å². The average Bonchev–Trinajstić information content (AvgIpc) is 2.67. The maximum Gasteiger partial charge on any atom is 0.261 e. The summed E-state index contributed by atoms with van der Waals surface area (Å²) in [4.78, 5) is 27.3. The van der Waals surface area contributed by atoms with Crippen molar-refractivity contribution in [2.45, 2.75) is 38.8 Å². The summed E-state index contributed by atoms with van der Waals surface area (Å²) in [6, 6.07) is 3.61. The molecule has 2 amide bonds. The number of piperidine rings is 1. The lowest BCUT2D eigenvalue weighted by Crippen LogP contribution is -2.47. The van der Waals surface area contributed by atoms with Gasteiger partial charge in [-0.05, 0) is 38.8 Å². The highest BCUT2D eigenvalue weighted by Gasteiger charge is 2.25. The zero-order valence-corrected chi connectivity index (χ0v) is 17.0. The van der Waals surface area contributed by atoms with Crippen LogP contribution < -0.4 is 16.0 Å². The van der Waals surface area contributed by atoms with Crippen molar-refractivity contribution in [1.29, 1.82) is 0 Å². The highest BCUT2D eigenvalue weighted by Crippen LogP contribution is 2.16. The minimum atomic E-state index is -0.999. The normalized spacial score (nSPS) is 15.9. The largest absolute Gasteiger partial charge is 0.392 e. The minimum absolute atomic E-state index is 0.00395. The summed E-state index contributed by atoms with van der Waals surface area (Å²) in [5.41, 5.74) is -0.684. The second-order valence-corrected chi connectivity index (χ2v) is 7.25. The van der Waals surface area contributed by atoms with Gasteiger partial charge in [-0.3, -0.25) is 9.59 Å². The molecule has 0 spiro atoms. The van der Waals surface area contributed by atoms with E-state index in [-0.39, 0.29) is 17.3 Å². The molecular formula is C21H28F2N4O2. The smallest absolute Gasteiger partial charge is 0.261 e. The van der Waals surface area contributed by atoms with Gasteiger partial charge in [0.2, 0.25) is 0 Å². The zero-order chi connectivity index (χ0) is 21.6. The number of nitrogens with one attached hydrogen (secondary N) is 3. The first-order chi connectivity index (χ1) is 13.7. The lowest BCUT2D eigenvalue weighted by atomic mass is 10.0. The second kappa shape index (κ2) is 10.2. The monoisotopic (exact) mass is 406 g/mol. The fourth-order valence-corrected chi connectivity index (χ4v) is 3.20. The Hall–Kier alpha value is -2.74. The first-order valence-electron chi connectivity index (χ1n) is 9.61. The van der Waals surface area contributed by atoms with Gasteiger partial charge in [0.15, 0.2) is 0 Å². The molecule has 0 bridgehead atoms. The van der Waals surface area contributed by atoms with Gasteiger partial charge in [-0.2, -0.15) is 0 Å². The van der Waals surface area contributed by atoms with Crippen molar-refractivity contribution in [2.75, 3.05) is 20.1 Å². The Labute approximate surface area is 170 Å². The number of hydrogen-bond donors (Lipinski definition) is 3. The number of carbonyl (C=O) groups is 2. The fraction of sp³-hybridized carbons (Fsp3) is 0.429. The summed E-state index contributed by atoms with van der Waals surface area (Å²) in [5, 5.41) is 7.99. The van der Waals surface area contributed by atoms with Crippen LogP contribution in [0.2, 0.25) is 0 Å². The fourth-order valence-electron chi connectivity index (χ4n) is 3.20. The molecule has 1 saturated heterocycles. The molecule has 0 aromatic heterocycles. The molecule has 0 aliphatic carbocycles. The molecule has 0 saturated carbocycles. The van der Waals surface area contributed by atoms with Crippen LogP contribution in [0.3, 0.4) is 0 Å². The van der Waals surface area contributed by atoms with E-state index >= 15 is 0 Å². The van der Waals surface area contributed by atoms with Gasteiger partial charge in [-0.1, -0.05) is 12.6 Å². The number of carbonyl (C=O) groups excluding carboxylic acids is 2. The third-order valence-corrected chi connectivity index (χ3v) is 4.92. The third-order valence-electron chi connectivity index (χ3n) is 4.92. The van der Waals surface area contributed by atoms with Gasteiger partial charge >= 0.3 is 0 Å². The summed E-state index contributed by atoms with van der Waals surface area (Å²) in [7, 11) is 1.57. The Morgan fingerprint density at radius 3 is 2.31 bits per heavy atom. The Morgan fingerprint density at radius 2 is 1.79 bits per heavy atom. The number of benzene rings is 1. The number of hydrogen-bond acceptors (Lipinski definition) is 4. The van der Waals surface area contributed by atoms with Gasteiger partial charge in [0.25, 0.3) is 11.8 Å². The predicted octanol–water partition coefficient (Wildman–Crippen LogP) is 2.30. The van der Waals surface area contributed by atoms with Crippen LogP contribution in [0.4, 0.5) is 8.78 Å². The van der Waals surface area contributed by atoms with Crippen LogP contribution in [0, 0.1) is 11.6 Å². The number of rotatable bonds is 7. The summed E-state index contributed by atoms with van der Waals surface area (Å²) in [6.07, 6.45) is 2.98. The topological polar surface area (TPSA) is 73.5 Å². The highest BCUT2D eigenvalue weighted by atomic mass is 19.1. The van der Waals surface area contributed by atoms with E-state index in [2.05, 4.69) is 41.3 Å². The van der Waals surface area contributed by atoms with Crippen molar-refractivity contribution in [3.63, 3.8) is 0 Å². The predicted molar refractivity (Wildman–Crippen MR) is 108 cm³/mol. The van der Waals surface area contributed by atoms with Gasteiger partial charge in [-0.15, -0.1) is 0 Å². The van der Waals surface area contributed by atoms with Gasteiger partial charge in [0.05, 0.1) is 11.3 Å². The van der Waals surface area contributed by atoms with Gasteiger partial charge in [0, 0.05) is 38.4 Å². The van der Waals surface area contributed by atoms with Gasteiger partial charge in [0.1, 0.15) is 17.2 Å². The molecule has 1 fully saturated rings. The van der Waals surface area contributed by atoms with E-state index in [1.807, 2.05) is 0 Å². The molecule has 1 aliphatic rings. The SMILES string of the molecule is C=C(C(=O)NC1CCN(C(C)C)CC1)/C(=C\NC)NC(=O)c1c(F)cccc1F. The first-order valence-corrected chi connectivity index (χ1v) is 9.61. The van der Waals surface area contributed by atoms with Crippen LogP contribution in [0.25, 0.3) is 0 Å². The Morgan fingerprint density at radius 1 is 1.21 bits per heavy atom. The molecular weight excluding hydrogens is 378 g/mol. The molecule has 29 heavy (non-hydrogen) atoms. The van der Waals surface area contributed by atoms with Crippen molar-refractivity contribution < 1.29 is 18.4 Å². The van der Waals surface area contributed by atoms with Crippen molar-refractivity contribution in [3.8, 4) is 0 Å². The molecule has 6 nitrogen and oxygen atoms in total. The van der Waals surface area contributed by atoms with Gasteiger partial charge in [-0.25, -0.2) is 8.78 Å². The Balaban J connectivity index is 2.03. The van der Waals surface area contributed by atoms with Crippen LogP contribution in [0.5, 0.6) is 0 Å². The molecule has 3 N–H and O–H groups in total. The van der Waals surface area contributed by atoms with Crippen molar-refractivity contribution >= 4 is 11.8 Å².